The number of ether oxygens (including phenoxy) is 1. The number of rotatable bonds is 8. The molecule has 0 atom stereocenters. The summed E-state index contributed by atoms with van der Waals surface area (Å²) < 4.78 is 5.15. The van der Waals surface area contributed by atoms with E-state index >= 15 is 0 Å². The summed E-state index contributed by atoms with van der Waals surface area (Å²) in [5.41, 5.74) is 0.0587. The Morgan fingerprint density at radius 3 is 2.50 bits per heavy atom. The van der Waals surface area contributed by atoms with Gasteiger partial charge in [0, 0.05) is 18.7 Å². The molecule has 20 heavy (non-hydrogen) atoms. The quantitative estimate of drug-likeness (QED) is 0.682. The zero-order valence-electron chi connectivity index (χ0n) is 12.3. The minimum absolute atomic E-state index is 0.0854. The predicted octanol–water partition coefficient (Wildman–Crippen LogP) is 2.38. The van der Waals surface area contributed by atoms with Crippen molar-refractivity contribution in [3.05, 3.63) is 23.8 Å². The molecule has 0 radical (unpaired) electrons. The SMILES string of the molecule is CCC(CC)(CNCc1cccc(O)c1OC)C(=O)O. The lowest BCUT2D eigenvalue weighted by atomic mass is 9.82. The number of carboxylic acid groups (broad SMARTS) is 1. The average Bonchev–Trinajstić information content (AvgIpc) is 2.43. The van der Waals surface area contributed by atoms with E-state index in [0.717, 1.165) is 5.56 Å². The predicted molar refractivity (Wildman–Crippen MR) is 77.0 cm³/mol. The molecule has 0 saturated carbocycles. The van der Waals surface area contributed by atoms with E-state index in [0.29, 0.717) is 31.7 Å². The van der Waals surface area contributed by atoms with Gasteiger partial charge in [0.15, 0.2) is 11.5 Å². The van der Waals surface area contributed by atoms with Gasteiger partial charge in [0.25, 0.3) is 0 Å². The number of aromatic hydroxyl groups is 1. The van der Waals surface area contributed by atoms with Crippen molar-refractivity contribution in [3.63, 3.8) is 0 Å². The normalized spacial score (nSPS) is 11.3. The molecule has 1 aromatic rings. The second-order valence-electron chi connectivity index (χ2n) is 4.87. The monoisotopic (exact) mass is 281 g/mol. The Kier molecular flexibility index (Phi) is 5.82. The summed E-state index contributed by atoms with van der Waals surface area (Å²) in [6, 6.07) is 5.13. The van der Waals surface area contributed by atoms with Crippen molar-refractivity contribution >= 4 is 5.97 Å². The van der Waals surface area contributed by atoms with Crippen LogP contribution in [0.15, 0.2) is 18.2 Å². The molecule has 5 nitrogen and oxygen atoms in total. The van der Waals surface area contributed by atoms with Crippen molar-refractivity contribution in [2.45, 2.75) is 33.2 Å². The maximum atomic E-state index is 11.4. The summed E-state index contributed by atoms with van der Waals surface area (Å²) in [4.78, 5) is 11.4. The number of methoxy groups -OCH3 is 1. The summed E-state index contributed by atoms with van der Waals surface area (Å²) in [6.07, 6.45) is 1.14. The molecule has 0 aliphatic carbocycles. The Hall–Kier alpha value is -1.75. The Bertz CT molecular complexity index is 455. The third-order valence-corrected chi connectivity index (χ3v) is 3.87. The smallest absolute Gasteiger partial charge is 0.310 e. The molecule has 1 rings (SSSR count). The summed E-state index contributed by atoms with van der Waals surface area (Å²) in [6.45, 7) is 4.60. The number of carbonyl (C=O) groups is 1. The summed E-state index contributed by atoms with van der Waals surface area (Å²) in [5, 5.41) is 22.2. The Morgan fingerprint density at radius 2 is 2.00 bits per heavy atom. The van der Waals surface area contributed by atoms with Crippen LogP contribution in [0.5, 0.6) is 11.5 Å². The molecule has 0 aliphatic rings. The van der Waals surface area contributed by atoms with E-state index in [4.69, 9.17) is 4.74 Å². The number of hydrogen-bond donors (Lipinski definition) is 3. The molecule has 0 unspecified atom stereocenters. The lowest BCUT2D eigenvalue weighted by Crippen LogP contribution is -2.40. The van der Waals surface area contributed by atoms with Gasteiger partial charge in [0.2, 0.25) is 0 Å². The molecule has 0 amide bonds. The maximum Gasteiger partial charge on any atom is 0.310 e. The van der Waals surface area contributed by atoms with Crippen LogP contribution >= 0.6 is 0 Å². The number of hydrogen-bond acceptors (Lipinski definition) is 4. The van der Waals surface area contributed by atoms with Crippen molar-refractivity contribution in [2.24, 2.45) is 5.41 Å². The highest BCUT2D eigenvalue weighted by Crippen LogP contribution is 2.30. The molecule has 1 aromatic carbocycles. The van der Waals surface area contributed by atoms with Crippen molar-refractivity contribution in [3.8, 4) is 11.5 Å². The molecule has 0 heterocycles. The molecule has 0 fully saturated rings. The van der Waals surface area contributed by atoms with Gasteiger partial charge in [0.1, 0.15) is 0 Å². The van der Waals surface area contributed by atoms with Gasteiger partial charge < -0.3 is 20.3 Å². The van der Waals surface area contributed by atoms with Crippen LogP contribution in [0.2, 0.25) is 0 Å². The van der Waals surface area contributed by atoms with Crippen molar-refractivity contribution in [1.82, 2.24) is 5.32 Å². The lowest BCUT2D eigenvalue weighted by Gasteiger charge is -2.27. The van der Waals surface area contributed by atoms with Crippen molar-refractivity contribution in [2.75, 3.05) is 13.7 Å². The number of aliphatic carboxylic acids is 1. The standard InChI is InChI=1S/C15H23NO4/c1-4-15(5-2,14(18)19)10-16-9-11-7-6-8-12(17)13(11)20-3/h6-8,16-17H,4-5,9-10H2,1-3H3,(H,18,19). The van der Waals surface area contributed by atoms with Crippen LogP contribution in [0.4, 0.5) is 0 Å². The van der Waals surface area contributed by atoms with Crippen LogP contribution in [0, 0.1) is 5.41 Å². The number of carboxylic acids is 1. The fourth-order valence-corrected chi connectivity index (χ4v) is 2.26. The average molecular weight is 281 g/mol. The van der Waals surface area contributed by atoms with Gasteiger partial charge in [-0.05, 0) is 18.9 Å². The van der Waals surface area contributed by atoms with Gasteiger partial charge in [0.05, 0.1) is 12.5 Å². The fraction of sp³-hybridized carbons (Fsp3) is 0.533. The fourth-order valence-electron chi connectivity index (χ4n) is 2.26. The highest BCUT2D eigenvalue weighted by Gasteiger charge is 2.34. The van der Waals surface area contributed by atoms with Gasteiger partial charge in [-0.3, -0.25) is 4.79 Å². The van der Waals surface area contributed by atoms with Gasteiger partial charge in [-0.25, -0.2) is 0 Å². The minimum atomic E-state index is -0.780. The second kappa shape index (κ2) is 7.14. The van der Waals surface area contributed by atoms with Crippen LogP contribution in [0.3, 0.4) is 0 Å². The van der Waals surface area contributed by atoms with Gasteiger partial charge in [-0.2, -0.15) is 0 Å². The number of phenols is 1. The topological polar surface area (TPSA) is 78.8 Å². The molecule has 0 aromatic heterocycles. The van der Waals surface area contributed by atoms with E-state index in [-0.39, 0.29) is 5.75 Å². The summed E-state index contributed by atoms with van der Waals surface area (Å²) >= 11 is 0. The largest absolute Gasteiger partial charge is 0.504 e. The molecular formula is C15H23NO4. The minimum Gasteiger partial charge on any atom is -0.504 e. The zero-order chi connectivity index (χ0) is 15.2. The number of phenolic OH excluding ortho intramolecular Hbond substituents is 1. The Balaban J connectivity index is 2.73. The Labute approximate surface area is 119 Å². The van der Waals surface area contributed by atoms with E-state index < -0.39 is 11.4 Å². The first-order valence-corrected chi connectivity index (χ1v) is 6.79. The van der Waals surface area contributed by atoms with E-state index in [2.05, 4.69) is 5.32 Å². The molecular weight excluding hydrogens is 258 g/mol. The van der Waals surface area contributed by atoms with Gasteiger partial charge >= 0.3 is 5.97 Å². The molecule has 3 N–H and O–H groups in total. The highest BCUT2D eigenvalue weighted by molar-refractivity contribution is 5.74. The maximum absolute atomic E-state index is 11.4. The van der Waals surface area contributed by atoms with E-state index in [1.54, 1.807) is 12.1 Å². The van der Waals surface area contributed by atoms with Crippen LogP contribution in [-0.4, -0.2) is 29.8 Å². The molecule has 0 aliphatic heterocycles. The highest BCUT2D eigenvalue weighted by atomic mass is 16.5. The van der Waals surface area contributed by atoms with Crippen LogP contribution in [0.25, 0.3) is 0 Å². The number of para-hydroxylation sites is 1. The van der Waals surface area contributed by atoms with Crippen LogP contribution in [-0.2, 0) is 11.3 Å². The first-order valence-electron chi connectivity index (χ1n) is 6.79. The van der Waals surface area contributed by atoms with Crippen molar-refractivity contribution < 1.29 is 19.7 Å². The zero-order valence-corrected chi connectivity index (χ0v) is 12.3. The summed E-state index contributed by atoms with van der Waals surface area (Å²) in [7, 11) is 1.50. The molecule has 112 valence electrons. The molecule has 0 spiro atoms. The molecule has 0 saturated heterocycles. The molecule has 5 heteroatoms. The van der Waals surface area contributed by atoms with Crippen LogP contribution < -0.4 is 10.1 Å². The second-order valence-corrected chi connectivity index (χ2v) is 4.87. The number of nitrogens with one attached hydrogen (secondary N) is 1. The third-order valence-electron chi connectivity index (χ3n) is 3.87. The first kappa shape index (κ1) is 16.3. The summed E-state index contributed by atoms with van der Waals surface area (Å²) in [5.74, 6) is -0.269. The third kappa shape index (κ3) is 3.42. The molecule has 0 bridgehead atoms. The van der Waals surface area contributed by atoms with Gasteiger partial charge in [-0.1, -0.05) is 26.0 Å². The van der Waals surface area contributed by atoms with E-state index in [1.807, 2.05) is 19.9 Å². The van der Waals surface area contributed by atoms with E-state index in [9.17, 15) is 15.0 Å². The lowest BCUT2D eigenvalue weighted by molar-refractivity contribution is -0.149. The van der Waals surface area contributed by atoms with Crippen LogP contribution in [0.1, 0.15) is 32.3 Å². The first-order chi connectivity index (χ1) is 9.50. The van der Waals surface area contributed by atoms with Gasteiger partial charge in [-0.15, -0.1) is 0 Å². The Morgan fingerprint density at radius 1 is 1.35 bits per heavy atom. The number of benzene rings is 1. The van der Waals surface area contributed by atoms with Crippen molar-refractivity contribution in [1.29, 1.82) is 0 Å². The van der Waals surface area contributed by atoms with E-state index in [1.165, 1.54) is 7.11 Å².